The van der Waals surface area contributed by atoms with Crippen molar-refractivity contribution in [2.24, 2.45) is 5.73 Å². The lowest BCUT2D eigenvalue weighted by atomic mass is 9.81. The van der Waals surface area contributed by atoms with Gasteiger partial charge in [0.25, 0.3) is 0 Å². The first-order valence-electron chi connectivity index (χ1n) is 6.28. The summed E-state index contributed by atoms with van der Waals surface area (Å²) in [6.07, 6.45) is 5.23. The second-order valence-electron chi connectivity index (χ2n) is 4.94. The fourth-order valence-electron chi connectivity index (χ4n) is 2.58. The van der Waals surface area contributed by atoms with Crippen molar-refractivity contribution < 1.29 is 4.74 Å². The Morgan fingerprint density at radius 1 is 1.32 bits per heavy atom. The van der Waals surface area contributed by atoms with Gasteiger partial charge in [-0.1, -0.05) is 18.2 Å². The van der Waals surface area contributed by atoms with E-state index in [9.17, 15) is 0 Å². The van der Waals surface area contributed by atoms with Crippen molar-refractivity contribution in [3.63, 3.8) is 0 Å². The number of hydrogen-bond acceptors (Lipinski definition) is 3. The van der Waals surface area contributed by atoms with Crippen LogP contribution >= 0.6 is 15.9 Å². The minimum Gasteiger partial charge on any atom is -0.493 e. The largest absolute Gasteiger partial charge is 0.493 e. The first kappa shape index (κ1) is 12.6. The highest BCUT2D eigenvalue weighted by Gasteiger charge is 2.33. The van der Waals surface area contributed by atoms with Gasteiger partial charge in [0.1, 0.15) is 5.75 Å². The number of fused-ring (bicyclic) bond motifs is 1. The average molecular weight is 319 g/mol. The van der Waals surface area contributed by atoms with Crippen LogP contribution in [0.3, 0.4) is 0 Å². The SMILES string of the molecule is NC1(Cc2cncc(Br)c2)CCOc2ccccc21. The molecule has 0 aliphatic carbocycles. The first-order valence-corrected chi connectivity index (χ1v) is 7.07. The minimum atomic E-state index is -0.378. The van der Waals surface area contributed by atoms with E-state index in [1.807, 2.05) is 24.4 Å². The van der Waals surface area contributed by atoms with Crippen LogP contribution < -0.4 is 10.5 Å². The Kier molecular flexibility index (Phi) is 3.29. The molecule has 4 heteroatoms. The summed E-state index contributed by atoms with van der Waals surface area (Å²) in [6, 6.07) is 10.1. The molecule has 1 aromatic heterocycles. The van der Waals surface area contributed by atoms with Crippen molar-refractivity contribution in [2.45, 2.75) is 18.4 Å². The Morgan fingerprint density at radius 2 is 2.16 bits per heavy atom. The molecule has 1 aliphatic heterocycles. The molecule has 2 aromatic rings. The first-order chi connectivity index (χ1) is 9.17. The smallest absolute Gasteiger partial charge is 0.124 e. The van der Waals surface area contributed by atoms with Gasteiger partial charge in [-0.2, -0.15) is 0 Å². The highest BCUT2D eigenvalue weighted by molar-refractivity contribution is 9.10. The zero-order valence-electron chi connectivity index (χ0n) is 10.5. The Labute approximate surface area is 120 Å². The maximum absolute atomic E-state index is 6.63. The van der Waals surface area contributed by atoms with Gasteiger partial charge in [-0.15, -0.1) is 0 Å². The van der Waals surface area contributed by atoms with Crippen molar-refractivity contribution in [1.29, 1.82) is 0 Å². The summed E-state index contributed by atoms with van der Waals surface area (Å²) < 4.78 is 6.66. The lowest BCUT2D eigenvalue weighted by molar-refractivity contribution is 0.215. The van der Waals surface area contributed by atoms with Crippen molar-refractivity contribution in [2.75, 3.05) is 6.61 Å². The molecule has 3 nitrogen and oxygen atoms in total. The van der Waals surface area contributed by atoms with Crippen LogP contribution in [0, 0.1) is 0 Å². The molecule has 0 fully saturated rings. The molecule has 0 saturated carbocycles. The van der Waals surface area contributed by atoms with Crippen LogP contribution in [0.5, 0.6) is 5.75 Å². The second kappa shape index (κ2) is 4.94. The zero-order chi connectivity index (χ0) is 13.3. The molecule has 3 rings (SSSR count). The lowest BCUT2D eigenvalue weighted by Gasteiger charge is -2.35. The van der Waals surface area contributed by atoms with Gasteiger partial charge < -0.3 is 10.5 Å². The molecule has 98 valence electrons. The van der Waals surface area contributed by atoms with Crippen LogP contribution in [0.1, 0.15) is 17.5 Å². The lowest BCUT2D eigenvalue weighted by Crippen LogP contribution is -2.43. The number of halogens is 1. The van der Waals surface area contributed by atoms with E-state index >= 15 is 0 Å². The van der Waals surface area contributed by atoms with Crippen molar-refractivity contribution >= 4 is 15.9 Å². The Balaban J connectivity index is 1.96. The van der Waals surface area contributed by atoms with E-state index in [0.717, 1.165) is 34.2 Å². The molecule has 1 atom stereocenters. The number of nitrogens with two attached hydrogens (primary N) is 1. The number of ether oxygens (including phenoxy) is 1. The fraction of sp³-hybridized carbons (Fsp3) is 0.267. The van der Waals surface area contributed by atoms with E-state index in [4.69, 9.17) is 10.5 Å². The number of pyridine rings is 1. The highest BCUT2D eigenvalue weighted by Crippen LogP contribution is 2.37. The number of benzene rings is 1. The second-order valence-corrected chi connectivity index (χ2v) is 5.85. The van der Waals surface area contributed by atoms with E-state index < -0.39 is 0 Å². The predicted molar refractivity (Wildman–Crippen MR) is 78.1 cm³/mol. The molecule has 0 amide bonds. The van der Waals surface area contributed by atoms with Crippen molar-refractivity contribution in [1.82, 2.24) is 4.98 Å². The summed E-state index contributed by atoms with van der Waals surface area (Å²) in [5, 5.41) is 0. The molecule has 0 bridgehead atoms. The van der Waals surface area contributed by atoms with Gasteiger partial charge in [0.05, 0.1) is 12.1 Å². The summed E-state index contributed by atoms with van der Waals surface area (Å²) in [5.41, 5.74) is 8.47. The van der Waals surface area contributed by atoms with E-state index in [1.165, 1.54) is 0 Å². The Bertz CT molecular complexity index is 602. The molecule has 2 N–H and O–H groups in total. The third-order valence-corrected chi connectivity index (χ3v) is 3.94. The molecule has 1 aliphatic rings. The quantitative estimate of drug-likeness (QED) is 0.925. The third-order valence-electron chi connectivity index (χ3n) is 3.51. The van der Waals surface area contributed by atoms with Gasteiger partial charge in [0, 0.05) is 28.9 Å². The third kappa shape index (κ3) is 2.51. The average Bonchev–Trinajstić information content (AvgIpc) is 2.39. The van der Waals surface area contributed by atoms with Gasteiger partial charge in [-0.3, -0.25) is 4.98 Å². The summed E-state index contributed by atoms with van der Waals surface area (Å²) in [7, 11) is 0. The molecule has 1 aromatic carbocycles. The molecule has 19 heavy (non-hydrogen) atoms. The number of aromatic nitrogens is 1. The molecule has 2 heterocycles. The predicted octanol–water partition coefficient (Wildman–Crippen LogP) is 3.02. The normalized spacial score (nSPS) is 21.6. The highest BCUT2D eigenvalue weighted by atomic mass is 79.9. The summed E-state index contributed by atoms with van der Waals surface area (Å²) >= 11 is 3.45. The number of nitrogens with zero attached hydrogens (tertiary/aromatic N) is 1. The van der Waals surface area contributed by atoms with Crippen molar-refractivity contribution in [3.05, 3.63) is 58.3 Å². The van der Waals surface area contributed by atoms with Crippen LogP contribution in [0.2, 0.25) is 0 Å². The summed E-state index contributed by atoms with van der Waals surface area (Å²) in [6.45, 7) is 0.662. The fourth-order valence-corrected chi connectivity index (χ4v) is 2.99. The molecule has 0 saturated heterocycles. The molecular formula is C15H15BrN2O. The number of rotatable bonds is 2. The summed E-state index contributed by atoms with van der Waals surface area (Å²) in [5.74, 6) is 0.902. The monoisotopic (exact) mass is 318 g/mol. The topological polar surface area (TPSA) is 48.1 Å². The molecule has 1 unspecified atom stereocenters. The van der Waals surface area contributed by atoms with E-state index in [0.29, 0.717) is 6.61 Å². The number of hydrogen-bond donors (Lipinski definition) is 1. The summed E-state index contributed by atoms with van der Waals surface area (Å²) in [4.78, 5) is 4.20. The van der Waals surface area contributed by atoms with E-state index in [-0.39, 0.29) is 5.54 Å². The number of para-hydroxylation sites is 1. The van der Waals surface area contributed by atoms with Gasteiger partial charge in [-0.25, -0.2) is 0 Å². The maximum atomic E-state index is 6.63. The van der Waals surface area contributed by atoms with Crippen LogP contribution in [0.25, 0.3) is 0 Å². The van der Waals surface area contributed by atoms with Gasteiger partial charge in [0.15, 0.2) is 0 Å². The van der Waals surface area contributed by atoms with Crippen molar-refractivity contribution in [3.8, 4) is 5.75 Å². The van der Waals surface area contributed by atoms with Crippen LogP contribution in [0.4, 0.5) is 0 Å². The van der Waals surface area contributed by atoms with Crippen LogP contribution in [-0.2, 0) is 12.0 Å². The Hall–Kier alpha value is -1.39. The minimum absolute atomic E-state index is 0.378. The van der Waals surface area contributed by atoms with E-state index in [1.54, 1.807) is 6.20 Å². The van der Waals surface area contributed by atoms with Gasteiger partial charge >= 0.3 is 0 Å². The maximum Gasteiger partial charge on any atom is 0.124 e. The zero-order valence-corrected chi connectivity index (χ0v) is 12.1. The van der Waals surface area contributed by atoms with Gasteiger partial charge in [0.2, 0.25) is 0 Å². The molecule has 0 radical (unpaired) electrons. The molecule has 0 spiro atoms. The molecular weight excluding hydrogens is 304 g/mol. The van der Waals surface area contributed by atoms with Crippen LogP contribution in [-0.4, -0.2) is 11.6 Å². The standard InChI is InChI=1S/C15H15BrN2O/c16-12-7-11(9-18-10-12)8-15(17)5-6-19-14-4-2-1-3-13(14)15/h1-4,7,9-10H,5-6,8,17H2. The Morgan fingerprint density at radius 3 is 3.00 bits per heavy atom. The van der Waals surface area contributed by atoms with E-state index in [2.05, 4.69) is 33.0 Å². The van der Waals surface area contributed by atoms with Gasteiger partial charge in [-0.05, 0) is 40.0 Å². The van der Waals surface area contributed by atoms with Crippen LogP contribution in [0.15, 0.2) is 47.2 Å².